The molecule has 0 amide bonds. The van der Waals surface area contributed by atoms with Crippen LogP contribution in [0.2, 0.25) is 0 Å². The predicted octanol–water partition coefficient (Wildman–Crippen LogP) is 0.597. The van der Waals surface area contributed by atoms with Crippen molar-refractivity contribution in [2.24, 2.45) is 0 Å². The van der Waals surface area contributed by atoms with Crippen LogP contribution in [-0.4, -0.2) is 22.3 Å². The second kappa shape index (κ2) is 3.40. The number of aliphatic hydroxyl groups is 1. The van der Waals surface area contributed by atoms with E-state index in [2.05, 4.69) is 4.98 Å². The lowest BCUT2D eigenvalue weighted by molar-refractivity contribution is 0.266. The van der Waals surface area contributed by atoms with Gasteiger partial charge in [-0.3, -0.25) is 4.98 Å². The van der Waals surface area contributed by atoms with Gasteiger partial charge in [-0.15, -0.1) is 0 Å². The van der Waals surface area contributed by atoms with Crippen LogP contribution < -0.4 is 4.74 Å². The van der Waals surface area contributed by atoms with E-state index in [4.69, 9.17) is 9.84 Å². The molecule has 1 rings (SSSR count). The summed E-state index contributed by atoms with van der Waals surface area (Å²) in [6.07, 6.45) is 1.47. The van der Waals surface area contributed by atoms with E-state index < -0.39 is 0 Å². The van der Waals surface area contributed by atoms with Crippen molar-refractivity contribution >= 4 is 0 Å². The summed E-state index contributed by atoms with van der Waals surface area (Å²) in [7, 11) is 1.46. The highest BCUT2D eigenvalue weighted by atomic mass is 16.5. The lowest BCUT2D eigenvalue weighted by Gasteiger charge is -2.08. The zero-order valence-corrected chi connectivity index (χ0v) is 7.03. The molecule has 0 atom stereocenters. The maximum absolute atomic E-state index is 9.41. The number of aliphatic hydroxyl groups excluding tert-OH is 1. The Hall–Kier alpha value is -1.29. The van der Waals surface area contributed by atoms with Gasteiger partial charge in [0.15, 0.2) is 0 Å². The summed E-state index contributed by atoms with van der Waals surface area (Å²) >= 11 is 0. The summed E-state index contributed by atoms with van der Waals surface area (Å²) in [5.41, 5.74) is 0.866. The zero-order chi connectivity index (χ0) is 9.14. The Morgan fingerprint density at radius 2 is 2.25 bits per heavy atom. The number of rotatable bonds is 2. The minimum absolute atomic E-state index is 0.00292. The van der Waals surface area contributed by atoms with Crippen LogP contribution in [0.15, 0.2) is 6.20 Å². The van der Waals surface area contributed by atoms with Gasteiger partial charge in [-0.25, -0.2) is 0 Å². The molecule has 0 unspecified atom stereocenters. The average molecular weight is 169 g/mol. The number of ether oxygens (including phenoxy) is 1. The second-order valence-corrected chi connectivity index (χ2v) is 2.40. The van der Waals surface area contributed by atoms with E-state index >= 15 is 0 Å². The maximum atomic E-state index is 9.41. The first-order valence-electron chi connectivity index (χ1n) is 3.53. The highest BCUT2D eigenvalue weighted by Crippen LogP contribution is 2.28. The third-order valence-electron chi connectivity index (χ3n) is 1.68. The standard InChI is InChI=1S/C8H11NO3/c1-5-8(11)6(4-10)7(12-2)3-9-5/h3,10-11H,4H2,1-2H3. The number of aromatic hydroxyl groups is 1. The van der Waals surface area contributed by atoms with Crippen molar-refractivity contribution in [2.75, 3.05) is 7.11 Å². The van der Waals surface area contributed by atoms with Gasteiger partial charge < -0.3 is 14.9 Å². The van der Waals surface area contributed by atoms with Crippen molar-refractivity contribution in [2.45, 2.75) is 13.5 Å². The number of pyridine rings is 1. The summed E-state index contributed by atoms with van der Waals surface area (Å²) in [6.45, 7) is 1.41. The summed E-state index contributed by atoms with van der Waals surface area (Å²) < 4.78 is 4.89. The van der Waals surface area contributed by atoms with E-state index in [1.165, 1.54) is 13.3 Å². The van der Waals surface area contributed by atoms with Crippen molar-refractivity contribution in [3.05, 3.63) is 17.5 Å². The number of hydrogen-bond donors (Lipinski definition) is 2. The van der Waals surface area contributed by atoms with Crippen LogP contribution in [0.4, 0.5) is 0 Å². The number of nitrogens with zero attached hydrogens (tertiary/aromatic N) is 1. The van der Waals surface area contributed by atoms with Crippen LogP contribution in [0.5, 0.6) is 11.5 Å². The molecule has 0 aliphatic rings. The molecule has 2 N–H and O–H groups in total. The van der Waals surface area contributed by atoms with Gasteiger partial charge in [0, 0.05) is 0 Å². The zero-order valence-electron chi connectivity index (χ0n) is 7.03. The quantitative estimate of drug-likeness (QED) is 0.680. The lowest BCUT2D eigenvalue weighted by atomic mass is 10.2. The summed E-state index contributed by atoms with van der Waals surface area (Å²) in [5.74, 6) is 0.400. The van der Waals surface area contributed by atoms with Crippen LogP contribution in [0, 0.1) is 6.92 Å². The average Bonchev–Trinajstić information content (AvgIpc) is 2.09. The van der Waals surface area contributed by atoms with Gasteiger partial charge in [0.25, 0.3) is 0 Å². The Labute approximate surface area is 70.4 Å². The molecule has 0 bridgehead atoms. The third-order valence-corrected chi connectivity index (χ3v) is 1.68. The van der Waals surface area contributed by atoms with Crippen LogP contribution in [0.1, 0.15) is 11.3 Å². The van der Waals surface area contributed by atoms with E-state index in [0.717, 1.165) is 0 Å². The first-order chi connectivity index (χ1) is 5.70. The van der Waals surface area contributed by atoms with E-state index in [1.54, 1.807) is 6.92 Å². The Kier molecular flexibility index (Phi) is 2.50. The second-order valence-electron chi connectivity index (χ2n) is 2.40. The Bertz CT molecular complexity index is 286. The number of aromatic nitrogens is 1. The Morgan fingerprint density at radius 3 is 2.75 bits per heavy atom. The van der Waals surface area contributed by atoms with Crippen LogP contribution in [0.25, 0.3) is 0 Å². The molecule has 0 spiro atoms. The molecule has 0 fully saturated rings. The number of methoxy groups -OCH3 is 1. The molecule has 4 nitrogen and oxygen atoms in total. The molecule has 4 heteroatoms. The van der Waals surface area contributed by atoms with Crippen LogP contribution in [-0.2, 0) is 6.61 Å². The summed E-state index contributed by atoms with van der Waals surface area (Å²) in [6, 6.07) is 0. The molecule has 12 heavy (non-hydrogen) atoms. The predicted molar refractivity (Wildman–Crippen MR) is 43.1 cm³/mol. The number of hydrogen-bond acceptors (Lipinski definition) is 4. The molecule has 66 valence electrons. The highest BCUT2D eigenvalue weighted by molar-refractivity contribution is 5.44. The van der Waals surface area contributed by atoms with Crippen molar-refractivity contribution in [1.29, 1.82) is 0 Å². The third kappa shape index (κ3) is 1.33. The molecule has 0 saturated heterocycles. The van der Waals surface area contributed by atoms with Gasteiger partial charge >= 0.3 is 0 Å². The molecule has 1 heterocycles. The van der Waals surface area contributed by atoms with Gasteiger partial charge in [-0.2, -0.15) is 0 Å². The van der Waals surface area contributed by atoms with Gasteiger partial charge in [0.2, 0.25) is 0 Å². The Balaban J connectivity index is 3.25. The molecule has 0 aromatic carbocycles. The van der Waals surface area contributed by atoms with Gasteiger partial charge in [0.1, 0.15) is 11.5 Å². The van der Waals surface area contributed by atoms with Crippen LogP contribution in [0.3, 0.4) is 0 Å². The van der Waals surface area contributed by atoms with Crippen molar-refractivity contribution in [3.63, 3.8) is 0 Å². The monoisotopic (exact) mass is 169 g/mol. The fraction of sp³-hybridized carbons (Fsp3) is 0.375. The molecule has 0 aliphatic carbocycles. The van der Waals surface area contributed by atoms with E-state index in [9.17, 15) is 5.11 Å². The topological polar surface area (TPSA) is 62.6 Å². The lowest BCUT2D eigenvalue weighted by Crippen LogP contribution is -1.95. The van der Waals surface area contributed by atoms with E-state index in [-0.39, 0.29) is 12.4 Å². The minimum Gasteiger partial charge on any atom is -0.506 e. The molecular formula is C8H11NO3. The molecule has 1 aromatic rings. The first kappa shape index (κ1) is 8.80. The van der Waals surface area contributed by atoms with E-state index in [0.29, 0.717) is 17.0 Å². The first-order valence-corrected chi connectivity index (χ1v) is 3.53. The highest BCUT2D eigenvalue weighted by Gasteiger charge is 2.10. The molecule has 0 radical (unpaired) electrons. The van der Waals surface area contributed by atoms with Gasteiger partial charge in [0.05, 0.1) is 31.2 Å². The Morgan fingerprint density at radius 1 is 1.58 bits per heavy atom. The largest absolute Gasteiger partial charge is 0.506 e. The fourth-order valence-electron chi connectivity index (χ4n) is 0.958. The van der Waals surface area contributed by atoms with E-state index in [1.807, 2.05) is 0 Å². The molecule has 0 aliphatic heterocycles. The summed E-state index contributed by atoms with van der Waals surface area (Å²) in [5, 5.41) is 18.3. The molecule has 1 aromatic heterocycles. The summed E-state index contributed by atoms with van der Waals surface area (Å²) in [4.78, 5) is 3.87. The maximum Gasteiger partial charge on any atom is 0.146 e. The normalized spacial score (nSPS) is 9.92. The number of aryl methyl sites for hydroxylation is 1. The molecule has 0 saturated carbocycles. The van der Waals surface area contributed by atoms with Crippen molar-refractivity contribution in [1.82, 2.24) is 4.98 Å². The molecular weight excluding hydrogens is 158 g/mol. The van der Waals surface area contributed by atoms with Crippen LogP contribution >= 0.6 is 0 Å². The van der Waals surface area contributed by atoms with Gasteiger partial charge in [-0.1, -0.05) is 0 Å². The smallest absolute Gasteiger partial charge is 0.146 e. The SMILES string of the molecule is COc1cnc(C)c(O)c1CO. The van der Waals surface area contributed by atoms with Crippen molar-refractivity contribution in [3.8, 4) is 11.5 Å². The van der Waals surface area contributed by atoms with Gasteiger partial charge in [-0.05, 0) is 6.92 Å². The minimum atomic E-state index is -0.252. The fourth-order valence-corrected chi connectivity index (χ4v) is 0.958. The van der Waals surface area contributed by atoms with Crippen molar-refractivity contribution < 1.29 is 14.9 Å².